The third-order valence-electron chi connectivity index (χ3n) is 2.59. The molecule has 2 aromatic rings. The fourth-order valence-corrected chi connectivity index (χ4v) is 2.25. The molecule has 0 fully saturated rings. The highest BCUT2D eigenvalue weighted by molar-refractivity contribution is 7.85. The van der Waals surface area contributed by atoms with Crippen LogP contribution in [-0.2, 0) is 10.1 Å². The highest BCUT2D eigenvalue weighted by atomic mass is 32.2. The van der Waals surface area contributed by atoms with Gasteiger partial charge in [-0.15, -0.1) is 0 Å². The van der Waals surface area contributed by atoms with Gasteiger partial charge in [-0.05, 0) is 23.6 Å². The number of hydrogen-bond acceptors (Lipinski definition) is 6. The van der Waals surface area contributed by atoms with Crippen molar-refractivity contribution in [2.45, 2.75) is 4.90 Å². The van der Waals surface area contributed by atoms with Gasteiger partial charge in [-0.1, -0.05) is 0 Å². The molecule has 0 aliphatic rings. The average molecular weight is 298 g/mol. The van der Waals surface area contributed by atoms with E-state index in [1.165, 1.54) is 0 Å². The monoisotopic (exact) mass is 298 g/mol. The van der Waals surface area contributed by atoms with Gasteiger partial charge in [0.2, 0.25) is 0 Å². The Morgan fingerprint density at radius 2 is 1.65 bits per heavy atom. The fourth-order valence-electron chi connectivity index (χ4n) is 1.73. The second kappa shape index (κ2) is 4.51. The van der Waals surface area contributed by atoms with Gasteiger partial charge in [0.05, 0.1) is 26.2 Å². The third-order valence-corrected chi connectivity index (χ3v) is 3.44. The van der Waals surface area contributed by atoms with E-state index >= 15 is 0 Å². The second-order valence-corrected chi connectivity index (χ2v) is 5.26. The highest BCUT2D eigenvalue weighted by Gasteiger charge is 2.20. The van der Waals surface area contributed by atoms with Crippen molar-refractivity contribution in [1.29, 1.82) is 0 Å². The van der Waals surface area contributed by atoms with Crippen LogP contribution in [0.5, 0.6) is 0 Å². The molecule has 0 atom stereocenters. The van der Waals surface area contributed by atoms with Crippen LogP contribution in [0, 0.1) is 20.2 Å². The smallest absolute Gasteiger partial charge is 0.282 e. The lowest BCUT2D eigenvalue weighted by Gasteiger charge is -2.02. The lowest BCUT2D eigenvalue weighted by Crippen LogP contribution is -1.99. The summed E-state index contributed by atoms with van der Waals surface area (Å²) in [6, 6.07) is 4.81. The summed E-state index contributed by atoms with van der Waals surface area (Å²) < 4.78 is 30.9. The molecule has 104 valence electrons. The van der Waals surface area contributed by atoms with Crippen molar-refractivity contribution in [3.63, 3.8) is 0 Å². The molecule has 10 heteroatoms. The Balaban J connectivity index is 2.87. The molecule has 0 aromatic heterocycles. The molecule has 0 heterocycles. The van der Waals surface area contributed by atoms with Gasteiger partial charge in [0, 0.05) is 6.07 Å². The van der Waals surface area contributed by atoms with Crippen LogP contribution in [0.3, 0.4) is 0 Å². The van der Waals surface area contributed by atoms with Crippen LogP contribution in [0.1, 0.15) is 0 Å². The van der Waals surface area contributed by atoms with Crippen molar-refractivity contribution in [3.8, 4) is 0 Å². The van der Waals surface area contributed by atoms with Gasteiger partial charge in [0.25, 0.3) is 21.5 Å². The molecule has 0 aliphatic heterocycles. The maximum atomic E-state index is 11.0. The van der Waals surface area contributed by atoms with Gasteiger partial charge in [0.15, 0.2) is 0 Å². The van der Waals surface area contributed by atoms with Gasteiger partial charge in [-0.3, -0.25) is 24.8 Å². The van der Waals surface area contributed by atoms with E-state index in [-0.39, 0.29) is 10.8 Å². The van der Waals surface area contributed by atoms with Crippen LogP contribution in [0.2, 0.25) is 0 Å². The normalized spacial score (nSPS) is 11.4. The van der Waals surface area contributed by atoms with E-state index in [4.69, 9.17) is 4.55 Å². The van der Waals surface area contributed by atoms with E-state index in [1.54, 1.807) is 0 Å². The maximum Gasteiger partial charge on any atom is 0.294 e. The van der Waals surface area contributed by atoms with Crippen LogP contribution in [0.15, 0.2) is 35.2 Å². The lowest BCUT2D eigenvalue weighted by molar-refractivity contribution is -0.393. The topological polar surface area (TPSA) is 141 Å². The molecule has 0 bridgehead atoms. The molecule has 0 unspecified atom stereocenters. The number of fused-ring (bicyclic) bond motifs is 1. The van der Waals surface area contributed by atoms with Crippen molar-refractivity contribution in [1.82, 2.24) is 0 Å². The van der Waals surface area contributed by atoms with E-state index in [1.807, 2.05) is 0 Å². The molecule has 1 N–H and O–H groups in total. The Hall–Kier alpha value is -2.59. The standard InChI is InChI=1S/C10H6N2O7S/c13-11(14)7-3-6-4-8(20(17,18)19)1-2-9(6)10(5-7)12(15)16/h1-5H,(H,17,18,19). The molecule has 0 spiro atoms. The largest absolute Gasteiger partial charge is 0.294 e. The van der Waals surface area contributed by atoms with Crippen molar-refractivity contribution in [2.24, 2.45) is 0 Å². The van der Waals surface area contributed by atoms with E-state index in [9.17, 15) is 28.6 Å². The Labute approximate surface area is 111 Å². The SMILES string of the molecule is O=[N+]([O-])c1cc([N+](=O)[O-])c2ccc(S(=O)(=O)O)cc2c1. The summed E-state index contributed by atoms with van der Waals surface area (Å²) in [7, 11) is -4.50. The summed E-state index contributed by atoms with van der Waals surface area (Å²) in [5.41, 5.74) is -1.06. The fraction of sp³-hybridized carbons (Fsp3) is 0. The summed E-state index contributed by atoms with van der Waals surface area (Å²) in [4.78, 5) is 19.5. The molecule has 0 aliphatic carbocycles. The van der Waals surface area contributed by atoms with E-state index in [0.717, 1.165) is 30.3 Å². The van der Waals surface area contributed by atoms with E-state index in [2.05, 4.69) is 0 Å². The predicted octanol–water partition coefficient (Wildman–Crippen LogP) is 1.90. The summed E-state index contributed by atoms with van der Waals surface area (Å²) in [6.07, 6.45) is 0. The number of nitro groups is 2. The summed E-state index contributed by atoms with van der Waals surface area (Å²) in [5.74, 6) is 0. The Bertz CT molecular complexity index is 844. The van der Waals surface area contributed by atoms with Gasteiger partial charge in [-0.25, -0.2) is 0 Å². The van der Waals surface area contributed by atoms with Gasteiger partial charge in [0.1, 0.15) is 0 Å². The predicted molar refractivity (Wildman–Crippen MR) is 67.1 cm³/mol. The Morgan fingerprint density at radius 3 is 2.15 bits per heavy atom. The Kier molecular flexibility index (Phi) is 3.12. The zero-order valence-corrected chi connectivity index (χ0v) is 10.4. The number of nitrogens with zero attached hydrogens (tertiary/aromatic N) is 2. The molecular formula is C10H6N2O7S. The van der Waals surface area contributed by atoms with Gasteiger partial charge >= 0.3 is 0 Å². The van der Waals surface area contributed by atoms with E-state index in [0.29, 0.717) is 0 Å². The second-order valence-electron chi connectivity index (χ2n) is 3.84. The number of non-ortho nitro benzene ring substituents is 2. The zero-order valence-electron chi connectivity index (χ0n) is 9.59. The summed E-state index contributed by atoms with van der Waals surface area (Å²) in [5, 5.41) is 21.6. The first-order chi connectivity index (χ1) is 9.20. The van der Waals surface area contributed by atoms with E-state index < -0.39 is 36.2 Å². The molecular weight excluding hydrogens is 292 g/mol. The lowest BCUT2D eigenvalue weighted by atomic mass is 10.1. The van der Waals surface area contributed by atoms with Crippen molar-refractivity contribution in [3.05, 3.63) is 50.6 Å². The minimum Gasteiger partial charge on any atom is -0.282 e. The molecule has 0 amide bonds. The molecule has 0 saturated heterocycles. The molecule has 20 heavy (non-hydrogen) atoms. The third kappa shape index (κ3) is 2.41. The van der Waals surface area contributed by atoms with Crippen LogP contribution < -0.4 is 0 Å². The van der Waals surface area contributed by atoms with Crippen molar-refractivity contribution < 1.29 is 22.8 Å². The molecule has 2 rings (SSSR count). The number of nitro benzene ring substituents is 2. The van der Waals surface area contributed by atoms with Crippen LogP contribution in [0.4, 0.5) is 11.4 Å². The van der Waals surface area contributed by atoms with Gasteiger partial charge in [-0.2, -0.15) is 8.42 Å². The summed E-state index contributed by atoms with van der Waals surface area (Å²) >= 11 is 0. The minimum absolute atomic E-state index is 0.0268. The number of benzene rings is 2. The molecule has 0 radical (unpaired) electrons. The zero-order chi connectivity index (χ0) is 15.1. The first-order valence-corrected chi connectivity index (χ1v) is 6.48. The van der Waals surface area contributed by atoms with Gasteiger partial charge < -0.3 is 0 Å². The quantitative estimate of drug-likeness (QED) is 0.518. The molecule has 0 saturated carbocycles. The van der Waals surface area contributed by atoms with Crippen LogP contribution >= 0.6 is 0 Å². The Morgan fingerprint density at radius 1 is 1.00 bits per heavy atom. The average Bonchev–Trinajstić information content (AvgIpc) is 2.35. The van der Waals surface area contributed by atoms with Crippen LogP contribution in [-0.4, -0.2) is 22.8 Å². The van der Waals surface area contributed by atoms with Crippen molar-refractivity contribution >= 4 is 32.3 Å². The first kappa shape index (κ1) is 13.8. The molecule has 9 nitrogen and oxygen atoms in total. The van der Waals surface area contributed by atoms with Crippen LogP contribution in [0.25, 0.3) is 10.8 Å². The molecule has 2 aromatic carbocycles. The highest BCUT2D eigenvalue weighted by Crippen LogP contribution is 2.32. The van der Waals surface area contributed by atoms with Crippen molar-refractivity contribution in [2.75, 3.05) is 0 Å². The number of hydrogen-bond donors (Lipinski definition) is 1. The maximum absolute atomic E-state index is 11.0. The number of rotatable bonds is 3. The first-order valence-electron chi connectivity index (χ1n) is 5.04. The summed E-state index contributed by atoms with van der Waals surface area (Å²) in [6.45, 7) is 0. The minimum atomic E-state index is -4.50.